The van der Waals surface area contributed by atoms with Crippen LogP contribution in [0.25, 0.3) is 0 Å². The lowest BCUT2D eigenvalue weighted by molar-refractivity contribution is -0.127. The van der Waals surface area contributed by atoms with Crippen LogP contribution in [-0.4, -0.2) is 60.5 Å². The minimum atomic E-state index is -0.0346. The summed E-state index contributed by atoms with van der Waals surface area (Å²) in [6.45, 7) is 1.48. The first-order valence-electron chi connectivity index (χ1n) is 8.91. The number of carbonyl (C=O) groups excluding carboxylic acids is 1. The predicted molar refractivity (Wildman–Crippen MR) is 111 cm³/mol. The molecule has 0 saturated carbocycles. The number of aryl methyl sites for hydroxylation is 1. The quantitative estimate of drug-likeness (QED) is 0.584. The van der Waals surface area contributed by atoms with Crippen LogP contribution in [0, 0.1) is 0 Å². The van der Waals surface area contributed by atoms with E-state index in [9.17, 15) is 4.79 Å². The molecule has 27 heavy (non-hydrogen) atoms. The number of aromatic nitrogens is 1. The molecule has 1 aromatic heterocycles. The highest BCUT2D eigenvalue weighted by Gasteiger charge is 2.12. The van der Waals surface area contributed by atoms with Gasteiger partial charge in [-0.05, 0) is 18.1 Å². The van der Waals surface area contributed by atoms with Gasteiger partial charge in [0.25, 0.3) is 0 Å². The van der Waals surface area contributed by atoms with E-state index in [-0.39, 0.29) is 12.5 Å². The second-order valence-corrected chi connectivity index (χ2v) is 7.14. The van der Waals surface area contributed by atoms with E-state index in [1.54, 1.807) is 19.0 Å². The Morgan fingerprint density at radius 2 is 1.93 bits per heavy atom. The van der Waals surface area contributed by atoms with E-state index in [1.807, 2.05) is 54.0 Å². The molecule has 0 unspecified atom stereocenters. The fourth-order valence-corrected chi connectivity index (χ4v) is 2.87. The van der Waals surface area contributed by atoms with Crippen molar-refractivity contribution in [3.63, 3.8) is 0 Å². The minimum absolute atomic E-state index is 0.0346. The van der Waals surface area contributed by atoms with Gasteiger partial charge in [0, 0.05) is 46.6 Å². The number of hydrogen-bond acceptors (Lipinski definition) is 2. The van der Waals surface area contributed by atoms with Crippen LogP contribution in [0.15, 0.2) is 47.6 Å². The first-order valence-corrected chi connectivity index (χ1v) is 9.29. The number of likely N-dealkylation sites (N-methyl/N-ethyl adjacent to an activating group) is 1. The molecule has 0 atom stereocenters. The van der Waals surface area contributed by atoms with Crippen molar-refractivity contribution in [2.75, 3.05) is 34.2 Å². The number of aliphatic imine (C=N–C) groups is 1. The summed E-state index contributed by atoms with van der Waals surface area (Å²) < 4.78 is 1.99. The number of rotatable bonds is 7. The van der Waals surface area contributed by atoms with Crippen LogP contribution in [0.2, 0.25) is 5.02 Å². The Morgan fingerprint density at radius 1 is 1.22 bits per heavy atom. The van der Waals surface area contributed by atoms with E-state index < -0.39 is 0 Å². The lowest BCUT2D eigenvalue weighted by Gasteiger charge is -2.23. The zero-order chi connectivity index (χ0) is 19.8. The van der Waals surface area contributed by atoms with Gasteiger partial charge in [-0.3, -0.25) is 4.79 Å². The number of halogens is 1. The molecule has 1 N–H and O–H groups in total. The van der Waals surface area contributed by atoms with E-state index in [2.05, 4.69) is 22.4 Å². The van der Waals surface area contributed by atoms with Crippen LogP contribution in [0.1, 0.15) is 11.3 Å². The van der Waals surface area contributed by atoms with E-state index in [1.165, 1.54) is 5.56 Å². The van der Waals surface area contributed by atoms with Gasteiger partial charge in [-0.25, -0.2) is 4.99 Å². The monoisotopic (exact) mass is 389 g/mol. The molecule has 0 radical (unpaired) electrons. The van der Waals surface area contributed by atoms with Crippen LogP contribution in [-0.2, 0) is 24.8 Å². The number of amides is 1. The Kier molecular flexibility index (Phi) is 7.73. The Hall–Kier alpha value is -2.47. The standard InChI is InChI=1S/C20H28ClN5O/c1-24(2)19(27)13-23-20(22-11-10-16-8-6-5-7-9-16)26(4)15-18-12-17(21)14-25(18)3/h5-9,12,14H,10-11,13,15H2,1-4H3,(H,22,23). The first kappa shape index (κ1) is 20.8. The van der Waals surface area contributed by atoms with Crippen LogP contribution in [0.5, 0.6) is 0 Å². The van der Waals surface area contributed by atoms with Gasteiger partial charge in [0.1, 0.15) is 6.54 Å². The van der Waals surface area contributed by atoms with E-state index in [4.69, 9.17) is 11.6 Å². The predicted octanol–water partition coefficient (Wildman–Crippen LogP) is 2.39. The molecule has 0 aliphatic heterocycles. The van der Waals surface area contributed by atoms with Crippen LogP contribution >= 0.6 is 11.6 Å². The number of nitrogens with one attached hydrogen (secondary N) is 1. The summed E-state index contributed by atoms with van der Waals surface area (Å²) in [5, 5.41) is 4.08. The number of benzene rings is 1. The molecule has 0 bridgehead atoms. The van der Waals surface area contributed by atoms with Crippen molar-refractivity contribution in [3.05, 3.63) is 58.9 Å². The molecule has 0 aliphatic carbocycles. The summed E-state index contributed by atoms with van der Waals surface area (Å²) in [7, 11) is 7.38. The SMILES string of the molecule is CN(C)C(=O)CN=C(NCCc1ccccc1)N(C)Cc1cc(Cl)cn1C. The molecule has 0 aliphatic rings. The second kappa shape index (κ2) is 10.0. The van der Waals surface area contributed by atoms with Gasteiger partial charge in [0.2, 0.25) is 5.91 Å². The Balaban J connectivity index is 2.04. The van der Waals surface area contributed by atoms with E-state index in [0.717, 1.165) is 18.7 Å². The maximum Gasteiger partial charge on any atom is 0.243 e. The summed E-state index contributed by atoms with van der Waals surface area (Å²) in [6.07, 6.45) is 2.76. The van der Waals surface area contributed by atoms with Crippen LogP contribution in [0.4, 0.5) is 0 Å². The lowest BCUT2D eigenvalue weighted by Crippen LogP contribution is -2.40. The van der Waals surface area contributed by atoms with Crippen LogP contribution in [0.3, 0.4) is 0 Å². The third-order valence-electron chi connectivity index (χ3n) is 4.24. The van der Waals surface area contributed by atoms with Gasteiger partial charge < -0.3 is 19.7 Å². The van der Waals surface area contributed by atoms with Crippen molar-refractivity contribution >= 4 is 23.5 Å². The largest absolute Gasteiger partial charge is 0.356 e. The summed E-state index contributed by atoms with van der Waals surface area (Å²) in [4.78, 5) is 20.0. The van der Waals surface area contributed by atoms with Crippen molar-refractivity contribution in [1.82, 2.24) is 19.7 Å². The van der Waals surface area contributed by atoms with Gasteiger partial charge in [0.05, 0.1) is 11.6 Å². The van der Waals surface area contributed by atoms with Gasteiger partial charge in [-0.2, -0.15) is 0 Å². The van der Waals surface area contributed by atoms with Gasteiger partial charge in [-0.15, -0.1) is 0 Å². The molecule has 0 spiro atoms. The molecule has 0 saturated heterocycles. The summed E-state index contributed by atoms with van der Waals surface area (Å²) in [5.41, 5.74) is 2.32. The molecule has 6 nitrogen and oxygen atoms in total. The molecule has 1 aromatic carbocycles. The average molecular weight is 390 g/mol. The fraction of sp³-hybridized carbons (Fsp3) is 0.400. The number of carbonyl (C=O) groups is 1. The summed E-state index contributed by atoms with van der Waals surface area (Å²) >= 11 is 6.08. The van der Waals surface area contributed by atoms with Crippen molar-refractivity contribution in [3.8, 4) is 0 Å². The highest BCUT2D eigenvalue weighted by atomic mass is 35.5. The Labute approximate surface area is 166 Å². The van der Waals surface area contributed by atoms with E-state index >= 15 is 0 Å². The molecule has 7 heteroatoms. The minimum Gasteiger partial charge on any atom is -0.356 e. The normalized spacial score (nSPS) is 11.4. The molecular formula is C20H28ClN5O. The topological polar surface area (TPSA) is 52.9 Å². The third kappa shape index (κ3) is 6.64. The second-order valence-electron chi connectivity index (χ2n) is 6.71. The van der Waals surface area contributed by atoms with Crippen molar-refractivity contribution in [2.24, 2.45) is 12.0 Å². The summed E-state index contributed by atoms with van der Waals surface area (Å²) in [6, 6.07) is 12.2. The average Bonchev–Trinajstić information content (AvgIpc) is 2.95. The fourth-order valence-electron chi connectivity index (χ4n) is 2.60. The number of hydrogen-bond donors (Lipinski definition) is 1. The third-order valence-corrected chi connectivity index (χ3v) is 4.44. The van der Waals surface area contributed by atoms with Gasteiger partial charge in [-0.1, -0.05) is 41.9 Å². The number of nitrogens with zero attached hydrogens (tertiary/aromatic N) is 4. The number of guanidine groups is 1. The molecule has 1 amide bonds. The molecule has 0 fully saturated rings. The van der Waals surface area contributed by atoms with Gasteiger partial charge >= 0.3 is 0 Å². The Bertz CT molecular complexity index is 770. The highest BCUT2D eigenvalue weighted by molar-refractivity contribution is 6.30. The van der Waals surface area contributed by atoms with Crippen LogP contribution < -0.4 is 5.32 Å². The molecule has 1 heterocycles. The van der Waals surface area contributed by atoms with Gasteiger partial charge in [0.15, 0.2) is 5.96 Å². The zero-order valence-corrected chi connectivity index (χ0v) is 17.2. The van der Waals surface area contributed by atoms with Crippen molar-refractivity contribution in [2.45, 2.75) is 13.0 Å². The Morgan fingerprint density at radius 3 is 2.52 bits per heavy atom. The molecular weight excluding hydrogens is 362 g/mol. The zero-order valence-electron chi connectivity index (χ0n) is 16.4. The highest BCUT2D eigenvalue weighted by Crippen LogP contribution is 2.14. The smallest absolute Gasteiger partial charge is 0.243 e. The maximum atomic E-state index is 11.9. The summed E-state index contributed by atoms with van der Waals surface area (Å²) in [5.74, 6) is 0.658. The lowest BCUT2D eigenvalue weighted by atomic mass is 10.1. The first-order chi connectivity index (χ1) is 12.9. The van der Waals surface area contributed by atoms with E-state index in [0.29, 0.717) is 17.5 Å². The molecule has 2 aromatic rings. The van der Waals surface area contributed by atoms with Crippen molar-refractivity contribution < 1.29 is 4.79 Å². The maximum absolute atomic E-state index is 11.9. The van der Waals surface area contributed by atoms with Crippen molar-refractivity contribution in [1.29, 1.82) is 0 Å². The molecule has 2 rings (SSSR count). The molecule has 146 valence electrons.